The van der Waals surface area contributed by atoms with Gasteiger partial charge in [0.15, 0.2) is 17.5 Å². The number of nitrogens with zero attached hydrogens (tertiary/aromatic N) is 3. The van der Waals surface area contributed by atoms with Gasteiger partial charge in [-0.2, -0.15) is 0 Å². The molecule has 1 aliphatic heterocycles. The van der Waals surface area contributed by atoms with Gasteiger partial charge >= 0.3 is 0 Å². The van der Waals surface area contributed by atoms with E-state index in [-0.39, 0.29) is 35.5 Å². The molecule has 0 spiro atoms. The Morgan fingerprint density at radius 3 is 2.65 bits per heavy atom. The second-order valence-corrected chi connectivity index (χ2v) is 7.44. The van der Waals surface area contributed by atoms with Crippen LogP contribution in [0.15, 0.2) is 41.4 Å². The summed E-state index contributed by atoms with van der Waals surface area (Å²) in [6.07, 6.45) is 2.02. The predicted octanol–water partition coefficient (Wildman–Crippen LogP) is 4.27. The standard InChI is InChI=1S/C23H32FN5O.HI/c1-4-25-23(26-16-18-9-10-21(30-5-2)20(24)15-18)28-19-11-13-29(14-12-19)22-8-6-7-17(3)27-22;/h6-10,15,19H,4-5,11-14,16H2,1-3H3,(H2,25,26,28);1H. The molecule has 1 aromatic heterocycles. The molecule has 0 saturated carbocycles. The molecule has 170 valence electrons. The largest absolute Gasteiger partial charge is 0.491 e. The second kappa shape index (κ2) is 12.7. The summed E-state index contributed by atoms with van der Waals surface area (Å²) < 4.78 is 19.3. The zero-order valence-electron chi connectivity index (χ0n) is 18.5. The SMILES string of the molecule is CCNC(=NCc1ccc(OCC)c(F)c1)NC1CCN(c2cccc(C)n2)CC1.I. The van der Waals surface area contributed by atoms with Crippen LogP contribution in [0.3, 0.4) is 0 Å². The lowest BCUT2D eigenvalue weighted by Crippen LogP contribution is -2.48. The molecule has 8 heteroatoms. The molecule has 2 N–H and O–H groups in total. The highest BCUT2D eigenvalue weighted by atomic mass is 127. The van der Waals surface area contributed by atoms with E-state index in [1.54, 1.807) is 6.07 Å². The van der Waals surface area contributed by atoms with Crippen LogP contribution < -0.4 is 20.3 Å². The average molecular weight is 541 g/mol. The third-order valence-corrected chi connectivity index (χ3v) is 5.09. The van der Waals surface area contributed by atoms with Gasteiger partial charge in [-0.05, 0) is 63.4 Å². The summed E-state index contributed by atoms with van der Waals surface area (Å²) >= 11 is 0. The third-order valence-electron chi connectivity index (χ3n) is 5.09. The van der Waals surface area contributed by atoms with Gasteiger partial charge in [-0.15, -0.1) is 24.0 Å². The van der Waals surface area contributed by atoms with Crippen molar-refractivity contribution in [3.63, 3.8) is 0 Å². The molecule has 1 aromatic carbocycles. The Morgan fingerprint density at radius 1 is 1.23 bits per heavy atom. The smallest absolute Gasteiger partial charge is 0.191 e. The van der Waals surface area contributed by atoms with Gasteiger partial charge in [0.25, 0.3) is 0 Å². The number of aliphatic imine (C=N–C) groups is 1. The fourth-order valence-electron chi connectivity index (χ4n) is 3.56. The molecule has 0 bridgehead atoms. The number of pyridine rings is 1. The average Bonchev–Trinajstić information content (AvgIpc) is 2.74. The van der Waals surface area contributed by atoms with Crippen molar-refractivity contribution >= 4 is 35.8 Å². The van der Waals surface area contributed by atoms with Crippen LogP contribution in [0, 0.1) is 12.7 Å². The number of benzene rings is 1. The van der Waals surface area contributed by atoms with Crippen molar-refractivity contribution in [1.82, 2.24) is 15.6 Å². The van der Waals surface area contributed by atoms with Gasteiger partial charge in [0.1, 0.15) is 5.82 Å². The Morgan fingerprint density at radius 2 is 2.00 bits per heavy atom. The fourth-order valence-corrected chi connectivity index (χ4v) is 3.56. The van der Waals surface area contributed by atoms with Crippen LogP contribution in [0.25, 0.3) is 0 Å². The lowest BCUT2D eigenvalue weighted by atomic mass is 10.1. The number of piperidine rings is 1. The van der Waals surface area contributed by atoms with Crippen molar-refractivity contribution in [3.8, 4) is 5.75 Å². The highest BCUT2D eigenvalue weighted by Crippen LogP contribution is 2.20. The van der Waals surface area contributed by atoms with Crippen LogP contribution in [0.2, 0.25) is 0 Å². The Labute approximate surface area is 201 Å². The molecule has 0 radical (unpaired) electrons. The summed E-state index contributed by atoms with van der Waals surface area (Å²) in [4.78, 5) is 11.6. The lowest BCUT2D eigenvalue weighted by Gasteiger charge is -2.34. The van der Waals surface area contributed by atoms with Gasteiger partial charge in [0, 0.05) is 31.4 Å². The molecular formula is C23H33FIN5O. The first-order chi connectivity index (χ1) is 14.6. The normalized spacial score (nSPS) is 14.7. The summed E-state index contributed by atoms with van der Waals surface area (Å²) in [7, 11) is 0. The minimum Gasteiger partial charge on any atom is -0.491 e. The Hall–Kier alpha value is -2.10. The molecule has 0 unspecified atom stereocenters. The molecule has 0 aliphatic carbocycles. The minimum atomic E-state index is -0.348. The van der Waals surface area contributed by atoms with Crippen molar-refractivity contribution in [2.45, 2.75) is 46.2 Å². The quantitative estimate of drug-likeness (QED) is 0.312. The molecule has 1 fully saturated rings. The molecule has 0 amide bonds. The highest BCUT2D eigenvalue weighted by Gasteiger charge is 2.21. The molecule has 0 atom stereocenters. The maximum atomic E-state index is 14.1. The summed E-state index contributed by atoms with van der Waals surface area (Å²) in [5.74, 6) is 1.75. The number of aromatic nitrogens is 1. The number of hydrogen-bond donors (Lipinski definition) is 2. The van der Waals surface area contributed by atoms with E-state index in [9.17, 15) is 4.39 Å². The van der Waals surface area contributed by atoms with E-state index in [0.717, 1.165) is 55.5 Å². The molecule has 2 aromatic rings. The van der Waals surface area contributed by atoms with Crippen LogP contribution in [-0.2, 0) is 6.54 Å². The first kappa shape index (κ1) is 25.2. The van der Waals surface area contributed by atoms with Crippen LogP contribution in [-0.4, -0.2) is 43.2 Å². The summed E-state index contributed by atoms with van der Waals surface area (Å²) in [6, 6.07) is 11.5. The van der Waals surface area contributed by atoms with Gasteiger partial charge < -0.3 is 20.3 Å². The molecule has 3 rings (SSSR count). The van der Waals surface area contributed by atoms with E-state index in [1.165, 1.54) is 6.07 Å². The van der Waals surface area contributed by atoms with Crippen LogP contribution in [0.4, 0.5) is 10.2 Å². The lowest BCUT2D eigenvalue weighted by molar-refractivity contribution is 0.321. The third kappa shape index (κ3) is 7.52. The van der Waals surface area contributed by atoms with Crippen molar-refractivity contribution in [2.24, 2.45) is 4.99 Å². The van der Waals surface area contributed by atoms with Crippen LogP contribution in [0.5, 0.6) is 5.75 Å². The zero-order valence-corrected chi connectivity index (χ0v) is 20.9. The van der Waals surface area contributed by atoms with Gasteiger partial charge in [0.2, 0.25) is 0 Å². The fraction of sp³-hybridized carbons (Fsp3) is 0.478. The molecule has 31 heavy (non-hydrogen) atoms. The van der Waals surface area contributed by atoms with Crippen molar-refractivity contribution < 1.29 is 9.13 Å². The number of ether oxygens (including phenoxy) is 1. The molecule has 1 saturated heterocycles. The van der Waals surface area contributed by atoms with Crippen LogP contribution in [0.1, 0.15) is 37.9 Å². The van der Waals surface area contributed by atoms with Gasteiger partial charge in [-0.1, -0.05) is 12.1 Å². The summed E-state index contributed by atoms with van der Waals surface area (Å²) in [5, 5.41) is 6.82. The van der Waals surface area contributed by atoms with Gasteiger partial charge in [-0.3, -0.25) is 0 Å². The molecule has 2 heterocycles. The van der Waals surface area contributed by atoms with E-state index < -0.39 is 0 Å². The van der Waals surface area contributed by atoms with Gasteiger partial charge in [-0.25, -0.2) is 14.4 Å². The zero-order chi connectivity index (χ0) is 21.3. The summed E-state index contributed by atoms with van der Waals surface area (Å²) in [6.45, 7) is 9.44. The van der Waals surface area contributed by atoms with E-state index in [2.05, 4.69) is 37.6 Å². The second-order valence-electron chi connectivity index (χ2n) is 7.44. The monoisotopic (exact) mass is 541 g/mol. The predicted molar refractivity (Wildman–Crippen MR) is 135 cm³/mol. The topological polar surface area (TPSA) is 61.8 Å². The van der Waals surface area contributed by atoms with Crippen molar-refractivity contribution in [1.29, 1.82) is 0 Å². The molecule has 6 nitrogen and oxygen atoms in total. The first-order valence-electron chi connectivity index (χ1n) is 10.7. The number of guanidine groups is 1. The van der Waals surface area contributed by atoms with E-state index in [4.69, 9.17) is 4.74 Å². The number of halogens is 2. The Kier molecular flexibility index (Phi) is 10.3. The Bertz CT molecular complexity index is 856. The van der Waals surface area contributed by atoms with Crippen molar-refractivity contribution in [2.75, 3.05) is 31.1 Å². The van der Waals surface area contributed by atoms with E-state index in [0.29, 0.717) is 19.2 Å². The van der Waals surface area contributed by atoms with E-state index in [1.807, 2.05) is 32.9 Å². The maximum absolute atomic E-state index is 14.1. The number of anilines is 1. The number of nitrogens with one attached hydrogen (secondary N) is 2. The Balaban J connectivity index is 0.00000341. The number of aryl methyl sites for hydroxylation is 1. The van der Waals surface area contributed by atoms with Gasteiger partial charge in [0.05, 0.1) is 13.2 Å². The van der Waals surface area contributed by atoms with Crippen LogP contribution >= 0.6 is 24.0 Å². The number of hydrogen-bond acceptors (Lipinski definition) is 4. The molecule has 1 aliphatic rings. The molecular weight excluding hydrogens is 508 g/mol. The van der Waals surface area contributed by atoms with Crippen molar-refractivity contribution in [3.05, 3.63) is 53.5 Å². The minimum absolute atomic E-state index is 0. The number of rotatable bonds is 7. The summed E-state index contributed by atoms with van der Waals surface area (Å²) in [5.41, 5.74) is 1.86. The maximum Gasteiger partial charge on any atom is 0.191 e. The highest BCUT2D eigenvalue weighted by molar-refractivity contribution is 14.0. The van der Waals surface area contributed by atoms with E-state index >= 15 is 0 Å². The first-order valence-corrected chi connectivity index (χ1v) is 10.7.